The summed E-state index contributed by atoms with van der Waals surface area (Å²) in [5, 5.41) is 0.420. The highest BCUT2D eigenvalue weighted by molar-refractivity contribution is 9.10. The Hall–Kier alpha value is -2.82. The van der Waals surface area contributed by atoms with Crippen LogP contribution in [0.3, 0.4) is 0 Å². The molecule has 0 N–H and O–H groups in total. The van der Waals surface area contributed by atoms with Crippen molar-refractivity contribution in [3.8, 4) is 11.5 Å². The molecule has 0 bridgehead atoms. The fourth-order valence-corrected chi connectivity index (χ4v) is 4.71. The maximum atomic E-state index is 13.8. The normalized spacial score (nSPS) is 11.3. The molecule has 0 spiro atoms. The van der Waals surface area contributed by atoms with Gasteiger partial charge in [-0.25, -0.2) is 9.36 Å². The smallest absolute Gasteiger partial charge is 0.421 e. The molecule has 0 atom stereocenters. The van der Waals surface area contributed by atoms with Crippen molar-refractivity contribution in [3.63, 3.8) is 0 Å². The molecular formula is C21H14BrO5P. The first-order chi connectivity index (χ1) is 13.5. The minimum absolute atomic E-state index is 0.175. The van der Waals surface area contributed by atoms with E-state index in [1.807, 2.05) is 0 Å². The predicted molar refractivity (Wildman–Crippen MR) is 112 cm³/mol. The molecule has 1 heterocycles. The molecule has 3 aromatic carbocycles. The Balaban J connectivity index is 1.87. The number of hydrogen-bond acceptors (Lipinski definition) is 5. The summed E-state index contributed by atoms with van der Waals surface area (Å²) < 4.78 is 31.2. The largest absolute Gasteiger partial charge is 0.470 e. The molecule has 0 radical (unpaired) electrons. The van der Waals surface area contributed by atoms with Gasteiger partial charge in [0.1, 0.15) is 11.5 Å². The quantitative estimate of drug-likeness (QED) is 0.291. The van der Waals surface area contributed by atoms with Crippen LogP contribution in [0.15, 0.2) is 98.6 Å². The Labute approximate surface area is 169 Å². The van der Waals surface area contributed by atoms with Gasteiger partial charge in [0, 0.05) is 5.39 Å². The number of rotatable bonds is 5. The van der Waals surface area contributed by atoms with Gasteiger partial charge in [0.05, 0.1) is 4.47 Å². The molecule has 4 aromatic rings. The summed E-state index contributed by atoms with van der Waals surface area (Å²) in [7, 11) is -4.09. The summed E-state index contributed by atoms with van der Waals surface area (Å²) in [6, 6.07) is 23.9. The van der Waals surface area contributed by atoms with E-state index < -0.39 is 13.2 Å². The highest BCUT2D eigenvalue weighted by Crippen LogP contribution is 2.47. The van der Waals surface area contributed by atoms with Crippen LogP contribution in [0.2, 0.25) is 0 Å². The molecule has 28 heavy (non-hydrogen) atoms. The number of fused-ring (bicyclic) bond motifs is 1. The van der Waals surface area contributed by atoms with E-state index >= 15 is 0 Å². The molecule has 0 aliphatic carbocycles. The lowest BCUT2D eigenvalue weighted by molar-refractivity contribution is 0.397. The number of benzene rings is 3. The molecule has 1 aromatic heterocycles. The van der Waals surface area contributed by atoms with Crippen molar-refractivity contribution >= 4 is 39.8 Å². The Bertz CT molecular complexity index is 1180. The third-order valence-corrected chi connectivity index (χ3v) is 6.35. The van der Waals surface area contributed by atoms with E-state index in [1.54, 1.807) is 78.9 Å². The average Bonchev–Trinajstić information content (AvgIpc) is 2.70. The van der Waals surface area contributed by atoms with E-state index in [-0.39, 0.29) is 5.30 Å². The molecule has 0 aliphatic rings. The second kappa shape index (κ2) is 7.66. The zero-order valence-corrected chi connectivity index (χ0v) is 16.9. The monoisotopic (exact) mass is 456 g/mol. The minimum atomic E-state index is -4.09. The van der Waals surface area contributed by atoms with Crippen LogP contribution < -0.4 is 20.0 Å². The molecule has 0 unspecified atom stereocenters. The van der Waals surface area contributed by atoms with Crippen LogP contribution in [0.1, 0.15) is 0 Å². The van der Waals surface area contributed by atoms with Crippen LogP contribution in [0, 0.1) is 0 Å². The summed E-state index contributed by atoms with van der Waals surface area (Å²) in [5.74, 6) is 0.631. The van der Waals surface area contributed by atoms with E-state index in [0.717, 1.165) is 0 Å². The third-order valence-electron chi connectivity index (χ3n) is 3.93. The Morgan fingerprint density at radius 2 is 1.36 bits per heavy atom. The summed E-state index contributed by atoms with van der Waals surface area (Å²) in [6.07, 6.45) is 0. The lowest BCUT2D eigenvalue weighted by atomic mass is 10.2. The van der Waals surface area contributed by atoms with E-state index in [4.69, 9.17) is 13.5 Å². The summed E-state index contributed by atoms with van der Waals surface area (Å²) >= 11 is 3.35. The van der Waals surface area contributed by atoms with E-state index in [0.29, 0.717) is 26.9 Å². The third kappa shape index (κ3) is 3.75. The van der Waals surface area contributed by atoms with Crippen LogP contribution in [0.4, 0.5) is 0 Å². The van der Waals surface area contributed by atoms with Gasteiger partial charge in [0.2, 0.25) is 0 Å². The van der Waals surface area contributed by atoms with Gasteiger partial charge in [-0.2, -0.15) is 0 Å². The van der Waals surface area contributed by atoms with Crippen molar-refractivity contribution < 1.29 is 18.0 Å². The Morgan fingerprint density at radius 3 is 1.93 bits per heavy atom. The van der Waals surface area contributed by atoms with Gasteiger partial charge in [-0.15, -0.1) is 0 Å². The molecule has 4 rings (SSSR count). The van der Waals surface area contributed by atoms with Gasteiger partial charge in [-0.1, -0.05) is 48.5 Å². The second-order valence-electron chi connectivity index (χ2n) is 5.88. The first-order valence-corrected chi connectivity index (χ1v) is 10.7. The zero-order chi connectivity index (χ0) is 19.6. The number of para-hydroxylation sites is 3. The average molecular weight is 457 g/mol. The molecule has 0 fully saturated rings. The predicted octanol–water partition coefficient (Wildman–Crippen LogP) is 5.53. The SMILES string of the molecule is O=c1oc2c(Br)cccc2cc1P(=O)(Oc1ccccc1)Oc1ccccc1. The van der Waals surface area contributed by atoms with Gasteiger partial charge in [-0.05, 0) is 52.3 Å². The highest BCUT2D eigenvalue weighted by Gasteiger charge is 2.36. The van der Waals surface area contributed by atoms with Gasteiger partial charge >= 0.3 is 13.2 Å². The van der Waals surface area contributed by atoms with Crippen molar-refractivity contribution in [1.82, 2.24) is 0 Å². The summed E-state index contributed by atoms with van der Waals surface area (Å²) in [6.45, 7) is 0. The first-order valence-electron chi connectivity index (χ1n) is 8.37. The Morgan fingerprint density at radius 1 is 0.786 bits per heavy atom. The molecule has 0 aliphatic heterocycles. The maximum absolute atomic E-state index is 13.8. The van der Waals surface area contributed by atoms with Crippen LogP contribution in [0.25, 0.3) is 11.0 Å². The van der Waals surface area contributed by atoms with Crippen molar-refractivity contribution in [2.75, 3.05) is 0 Å². The Kier molecular flexibility index (Phi) is 5.07. The maximum Gasteiger partial charge on any atom is 0.470 e. The standard InChI is InChI=1S/C21H14BrO5P/c22-18-13-7-8-15-14-19(21(23)25-20(15)18)28(24,26-16-9-3-1-4-10-16)27-17-11-5-2-6-12-17/h1-14H. The molecule has 0 saturated carbocycles. The van der Waals surface area contributed by atoms with Gasteiger partial charge in [0.15, 0.2) is 10.9 Å². The fraction of sp³-hybridized carbons (Fsp3) is 0. The van der Waals surface area contributed by atoms with Crippen molar-refractivity contribution in [2.24, 2.45) is 0 Å². The molecule has 0 saturated heterocycles. The van der Waals surface area contributed by atoms with Gasteiger partial charge in [0.25, 0.3) is 0 Å². The molecular weight excluding hydrogens is 443 g/mol. The van der Waals surface area contributed by atoms with Crippen molar-refractivity contribution in [3.05, 3.63) is 99.8 Å². The molecule has 0 amide bonds. The molecule has 140 valence electrons. The number of halogens is 1. The van der Waals surface area contributed by atoms with E-state index in [9.17, 15) is 9.36 Å². The number of hydrogen-bond donors (Lipinski definition) is 0. The fourth-order valence-electron chi connectivity index (χ4n) is 2.65. The lowest BCUT2D eigenvalue weighted by Gasteiger charge is -2.19. The molecule has 7 heteroatoms. The lowest BCUT2D eigenvalue weighted by Crippen LogP contribution is -2.28. The van der Waals surface area contributed by atoms with Crippen LogP contribution in [-0.4, -0.2) is 0 Å². The first kappa shape index (κ1) is 18.5. The molecule has 5 nitrogen and oxygen atoms in total. The van der Waals surface area contributed by atoms with Gasteiger partial charge < -0.3 is 13.5 Å². The van der Waals surface area contributed by atoms with E-state index in [1.165, 1.54) is 6.07 Å². The van der Waals surface area contributed by atoms with Gasteiger partial charge in [-0.3, -0.25) is 0 Å². The summed E-state index contributed by atoms with van der Waals surface area (Å²) in [5.41, 5.74) is -0.420. The topological polar surface area (TPSA) is 65.7 Å². The highest BCUT2D eigenvalue weighted by atomic mass is 79.9. The van der Waals surface area contributed by atoms with Crippen LogP contribution in [0.5, 0.6) is 11.5 Å². The minimum Gasteiger partial charge on any atom is -0.421 e. The van der Waals surface area contributed by atoms with Crippen LogP contribution in [-0.2, 0) is 4.57 Å². The summed E-state index contributed by atoms with van der Waals surface area (Å²) in [4.78, 5) is 12.7. The van der Waals surface area contributed by atoms with E-state index in [2.05, 4.69) is 15.9 Å². The van der Waals surface area contributed by atoms with Crippen LogP contribution >= 0.6 is 23.5 Å². The van der Waals surface area contributed by atoms with Crippen molar-refractivity contribution in [2.45, 2.75) is 0 Å². The van der Waals surface area contributed by atoms with Crippen molar-refractivity contribution in [1.29, 1.82) is 0 Å². The second-order valence-corrected chi connectivity index (χ2v) is 8.58. The zero-order valence-electron chi connectivity index (χ0n) is 14.4.